The SMILES string of the molecule is CN1CCN(c2ccc(C3CCCNC3)cc2F)CC1. The molecular formula is C16H24FN3. The number of rotatable bonds is 2. The summed E-state index contributed by atoms with van der Waals surface area (Å²) in [6, 6.07) is 5.85. The standard InChI is InChI=1S/C16H24FN3/c1-19-7-9-20(10-8-19)16-5-4-13(11-15(16)17)14-3-2-6-18-12-14/h4-5,11,14,18H,2-3,6-10,12H2,1H3. The minimum absolute atomic E-state index is 0.0578. The van der Waals surface area contributed by atoms with Crippen molar-refractivity contribution < 1.29 is 4.39 Å². The molecule has 1 aromatic carbocycles. The van der Waals surface area contributed by atoms with Gasteiger partial charge in [0.1, 0.15) is 5.82 Å². The lowest BCUT2D eigenvalue weighted by Gasteiger charge is -2.34. The quantitative estimate of drug-likeness (QED) is 0.892. The highest BCUT2D eigenvalue weighted by Gasteiger charge is 2.20. The lowest BCUT2D eigenvalue weighted by molar-refractivity contribution is 0.311. The number of halogens is 1. The van der Waals surface area contributed by atoms with Crippen LogP contribution in [0.2, 0.25) is 0 Å². The van der Waals surface area contributed by atoms with Gasteiger partial charge in [-0.25, -0.2) is 4.39 Å². The Hall–Kier alpha value is -1.13. The summed E-state index contributed by atoms with van der Waals surface area (Å²) in [5.74, 6) is 0.414. The van der Waals surface area contributed by atoms with E-state index < -0.39 is 0 Å². The zero-order chi connectivity index (χ0) is 13.9. The van der Waals surface area contributed by atoms with Crippen molar-refractivity contribution in [2.45, 2.75) is 18.8 Å². The van der Waals surface area contributed by atoms with E-state index in [2.05, 4.69) is 28.2 Å². The van der Waals surface area contributed by atoms with E-state index in [9.17, 15) is 4.39 Å². The molecule has 0 bridgehead atoms. The van der Waals surface area contributed by atoms with Crippen LogP contribution in [0.1, 0.15) is 24.3 Å². The molecule has 110 valence electrons. The van der Waals surface area contributed by atoms with Crippen LogP contribution in [0.25, 0.3) is 0 Å². The average Bonchev–Trinajstić information content (AvgIpc) is 2.49. The van der Waals surface area contributed by atoms with Gasteiger partial charge >= 0.3 is 0 Å². The number of likely N-dealkylation sites (N-methyl/N-ethyl adjacent to an activating group) is 1. The molecule has 1 N–H and O–H groups in total. The summed E-state index contributed by atoms with van der Waals surface area (Å²) in [6.45, 7) is 5.92. The van der Waals surface area contributed by atoms with Gasteiger partial charge in [0.25, 0.3) is 0 Å². The van der Waals surface area contributed by atoms with E-state index in [1.807, 2.05) is 6.07 Å². The first-order valence-corrected chi connectivity index (χ1v) is 7.68. The third-order valence-electron chi connectivity index (χ3n) is 4.58. The molecule has 1 aromatic rings. The zero-order valence-corrected chi connectivity index (χ0v) is 12.2. The number of benzene rings is 1. The van der Waals surface area contributed by atoms with Crippen LogP contribution in [0, 0.1) is 5.82 Å². The normalized spacial score (nSPS) is 24.9. The van der Waals surface area contributed by atoms with Crippen LogP contribution in [0.3, 0.4) is 0 Å². The van der Waals surface area contributed by atoms with Gasteiger partial charge in [0.15, 0.2) is 0 Å². The monoisotopic (exact) mass is 277 g/mol. The van der Waals surface area contributed by atoms with Gasteiger partial charge in [-0.05, 0) is 50.0 Å². The predicted octanol–water partition coefficient (Wildman–Crippen LogP) is 2.04. The molecule has 1 atom stereocenters. The van der Waals surface area contributed by atoms with E-state index >= 15 is 0 Å². The smallest absolute Gasteiger partial charge is 0.146 e. The Balaban J connectivity index is 1.73. The van der Waals surface area contributed by atoms with E-state index in [4.69, 9.17) is 0 Å². The highest BCUT2D eigenvalue weighted by molar-refractivity contribution is 5.50. The molecule has 0 saturated carbocycles. The van der Waals surface area contributed by atoms with Crippen LogP contribution in [-0.4, -0.2) is 51.2 Å². The van der Waals surface area contributed by atoms with Gasteiger partial charge in [0.2, 0.25) is 0 Å². The number of nitrogens with zero attached hydrogens (tertiary/aromatic N) is 2. The maximum Gasteiger partial charge on any atom is 0.146 e. The maximum atomic E-state index is 14.4. The molecule has 3 rings (SSSR count). The summed E-state index contributed by atoms with van der Waals surface area (Å²) in [6.07, 6.45) is 2.35. The van der Waals surface area contributed by atoms with E-state index in [1.165, 1.54) is 12.8 Å². The zero-order valence-electron chi connectivity index (χ0n) is 12.2. The fraction of sp³-hybridized carbons (Fsp3) is 0.625. The molecule has 2 aliphatic rings. The average molecular weight is 277 g/mol. The van der Waals surface area contributed by atoms with Gasteiger partial charge in [-0.3, -0.25) is 0 Å². The molecule has 2 aliphatic heterocycles. The van der Waals surface area contributed by atoms with Gasteiger partial charge in [0.05, 0.1) is 5.69 Å². The van der Waals surface area contributed by atoms with Crippen molar-refractivity contribution in [1.29, 1.82) is 0 Å². The van der Waals surface area contributed by atoms with Crippen LogP contribution >= 0.6 is 0 Å². The molecule has 1 unspecified atom stereocenters. The summed E-state index contributed by atoms with van der Waals surface area (Å²) in [5.41, 5.74) is 1.91. The fourth-order valence-electron chi connectivity index (χ4n) is 3.22. The maximum absolute atomic E-state index is 14.4. The molecule has 2 saturated heterocycles. The van der Waals surface area contributed by atoms with Crippen LogP contribution in [0.5, 0.6) is 0 Å². The number of nitrogens with one attached hydrogen (secondary N) is 1. The van der Waals surface area contributed by atoms with Crippen molar-refractivity contribution in [2.24, 2.45) is 0 Å². The molecular weight excluding hydrogens is 253 g/mol. The summed E-state index contributed by atoms with van der Waals surface area (Å²) in [7, 11) is 2.12. The molecule has 2 heterocycles. The van der Waals surface area contributed by atoms with Gasteiger partial charge in [-0.1, -0.05) is 6.07 Å². The molecule has 20 heavy (non-hydrogen) atoms. The second-order valence-electron chi connectivity index (χ2n) is 6.04. The second kappa shape index (κ2) is 6.10. The lowest BCUT2D eigenvalue weighted by atomic mass is 9.91. The lowest BCUT2D eigenvalue weighted by Crippen LogP contribution is -2.44. The number of hydrogen-bond acceptors (Lipinski definition) is 3. The third-order valence-corrected chi connectivity index (χ3v) is 4.58. The van der Waals surface area contributed by atoms with Gasteiger partial charge < -0.3 is 15.1 Å². The molecule has 0 amide bonds. The summed E-state index contributed by atoms with van der Waals surface area (Å²) >= 11 is 0. The molecule has 3 nitrogen and oxygen atoms in total. The highest BCUT2D eigenvalue weighted by Crippen LogP contribution is 2.28. The van der Waals surface area contributed by atoms with Gasteiger partial charge in [-0.2, -0.15) is 0 Å². The van der Waals surface area contributed by atoms with Crippen molar-refractivity contribution in [2.75, 3.05) is 51.2 Å². The molecule has 0 aromatic heterocycles. The summed E-state index contributed by atoms with van der Waals surface area (Å²) < 4.78 is 14.4. The van der Waals surface area contributed by atoms with Gasteiger partial charge in [-0.15, -0.1) is 0 Å². The van der Waals surface area contributed by atoms with E-state index in [-0.39, 0.29) is 5.82 Å². The first-order chi connectivity index (χ1) is 9.74. The fourth-order valence-corrected chi connectivity index (χ4v) is 3.22. The Morgan fingerprint density at radius 2 is 2.00 bits per heavy atom. The topological polar surface area (TPSA) is 18.5 Å². The van der Waals surface area contributed by atoms with Crippen molar-refractivity contribution >= 4 is 5.69 Å². The van der Waals surface area contributed by atoms with E-state index in [0.29, 0.717) is 5.92 Å². The first-order valence-electron chi connectivity index (χ1n) is 7.68. The number of hydrogen-bond donors (Lipinski definition) is 1. The molecule has 0 radical (unpaired) electrons. The third kappa shape index (κ3) is 2.96. The minimum atomic E-state index is -0.0578. The van der Waals surface area contributed by atoms with Crippen LogP contribution < -0.4 is 10.2 Å². The molecule has 0 aliphatic carbocycles. The van der Waals surface area contributed by atoms with Crippen LogP contribution in [0.15, 0.2) is 18.2 Å². The Morgan fingerprint density at radius 3 is 2.65 bits per heavy atom. The Bertz CT molecular complexity index is 449. The number of piperidine rings is 1. The van der Waals surface area contributed by atoms with Crippen LogP contribution in [-0.2, 0) is 0 Å². The van der Waals surface area contributed by atoms with Gasteiger partial charge in [0, 0.05) is 32.7 Å². The largest absolute Gasteiger partial charge is 0.367 e. The van der Waals surface area contributed by atoms with E-state index in [1.54, 1.807) is 6.07 Å². The predicted molar refractivity (Wildman–Crippen MR) is 81.0 cm³/mol. The Kier molecular flexibility index (Phi) is 4.22. The van der Waals surface area contributed by atoms with E-state index in [0.717, 1.165) is 50.5 Å². The number of piperazine rings is 1. The molecule has 4 heteroatoms. The summed E-state index contributed by atoms with van der Waals surface area (Å²) in [5, 5.41) is 3.40. The molecule has 0 spiro atoms. The second-order valence-corrected chi connectivity index (χ2v) is 6.04. The minimum Gasteiger partial charge on any atom is -0.367 e. The molecule has 2 fully saturated rings. The first kappa shape index (κ1) is 13.8. The highest BCUT2D eigenvalue weighted by atomic mass is 19.1. The van der Waals surface area contributed by atoms with Crippen LogP contribution in [0.4, 0.5) is 10.1 Å². The van der Waals surface area contributed by atoms with Crippen molar-refractivity contribution in [3.8, 4) is 0 Å². The Labute approximate surface area is 120 Å². The van der Waals surface area contributed by atoms with Crippen molar-refractivity contribution in [3.63, 3.8) is 0 Å². The summed E-state index contributed by atoms with van der Waals surface area (Å²) in [4.78, 5) is 4.45. The van der Waals surface area contributed by atoms with Crippen molar-refractivity contribution in [1.82, 2.24) is 10.2 Å². The number of anilines is 1. The Morgan fingerprint density at radius 1 is 1.20 bits per heavy atom. The van der Waals surface area contributed by atoms with Crippen molar-refractivity contribution in [3.05, 3.63) is 29.6 Å².